The molecular formula is C44H57N2O10P. The van der Waals surface area contributed by atoms with Crippen LogP contribution in [0.5, 0.6) is 23.0 Å². The number of carbonyl (C=O) groups is 2. The summed E-state index contributed by atoms with van der Waals surface area (Å²) in [6.45, 7) is 15.5. The van der Waals surface area contributed by atoms with Gasteiger partial charge in [-0.15, -0.1) is 0 Å². The van der Waals surface area contributed by atoms with E-state index in [-0.39, 0.29) is 11.9 Å². The zero-order chi connectivity index (χ0) is 41.6. The second-order valence-corrected chi connectivity index (χ2v) is 15.7. The van der Waals surface area contributed by atoms with Crippen LogP contribution in [0.2, 0.25) is 0 Å². The van der Waals surface area contributed by atoms with Crippen molar-refractivity contribution in [2.75, 3.05) is 66.6 Å². The molecule has 0 radical (unpaired) electrons. The van der Waals surface area contributed by atoms with E-state index in [2.05, 4.69) is 41.8 Å². The Morgan fingerprint density at radius 2 is 0.842 bits per heavy atom. The highest BCUT2D eigenvalue weighted by Gasteiger charge is 2.35. The Balaban J connectivity index is 0.000000226. The Morgan fingerprint density at radius 3 is 1.09 bits per heavy atom. The highest BCUT2D eigenvalue weighted by molar-refractivity contribution is 7.42. The van der Waals surface area contributed by atoms with Gasteiger partial charge in [0.2, 0.25) is 0 Å². The molecule has 2 heterocycles. The number of hydrogen-bond donors (Lipinski definition) is 1. The number of para-hydroxylation sites is 4. The zero-order valence-electron chi connectivity index (χ0n) is 33.9. The average molecular weight is 805 g/mol. The fraction of sp³-hybridized carbons (Fsp3) is 0.409. The summed E-state index contributed by atoms with van der Waals surface area (Å²) >= 11 is 0. The molecule has 0 spiro atoms. The SMILES string of the molecule is CCC[N+](C)(CC)CCOC(=O)C1c2ccccc2Oc2ccccc21.CCC[N+](C)(CC)CCOC(=O)C1c2ccccc2Oc2ccccc21.O=P([O-])([O-])O. The number of fused-ring (bicyclic) bond motifs is 4. The van der Waals surface area contributed by atoms with Gasteiger partial charge in [-0.05, 0) is 51.0 Å². The maximum atomic E-state index is 13.0. The fourth-order valence-electron chi connectivity index (χ4n) is 7.16. The number of esters is 2. The van der Waals surface area contributed by atoms with Crippen molar-refractivity contribution in [3.8, 4) is 23.0 Å². The molecule has 1 N–H and O–H groups in total. The van der Waals surface area contributed by atoms with Gasteiger partial charge in [-0.25, -0.2) is 0 Å². The third kappa shape index (κ3) is 12.7. The molecule has 2 aliphatic rings. The normalized spacial score (nSPS) is 15.0. The lowest BCUT2D eigenvalue weighted by atomic mass is 9.88. The number of nitrogens with zero attached hydrogens (tertiary/aromatic N) is 2. The standard InChI is InChI=1S/2C22H28NO3.H3O4P/c2*1-4-14-23(3,5-2)15-16-25-22(24)21-17-10-6-8-12-19(17)26-20-13-9-7-11-18(20)21;1-5(2,3)4/h2*6-13,21H,4-5,14-16H2,1-3H3;(H3,1,2,3,4)/q2*+1;/p-2. The molecular weight excluding hydrogens is 747 g/mol. The smallest absolute Gasteiger partial charge is 0.318 e. The van der Waals surface area contributed by atoms with E-state index in [0.717, 1.165) is 106 Å². The predicted molar refractivity (Wildman–Crippen MR) is 215 cm³/mol. The van der Waals surface area contributed by atoms with E-state index in [4.69, 9.17) is 38.2 Å². The minimum atomic E-state index is -5.14. The quantitative estimate of drug-likeness (QED) is 0.0850. The van der Waals surface area contributed by atoms with Crippen LogP contribution >= 0.6 is 7.82 Å². The molecule has 0 saturated carbocycles. The predicted octanol–water partition coefficient (Wildman–Crippen LogP) is 6.50. The first-order valence-corrected chi connectivity index (χ1v) is 21.1. The van der Waals surface area contributed by atoms with E-state index in [0.29, 0.717) is 13.2 Å². The van der Waals surface area contributed by atoms with E-state index in [9.17, 15) is 9.59 Å². The fourth-order valence-corrected chi connectivity index (χ4v) is 7.16. The lowest BCUT2D eigenvalue weighted by molar-refractivity contribution is -0.908. The molecule has 4 aromatic carbocycles. The average Bonchev–Trinajstić information content (AvgIpc) is 3.18. The molecule has 0 amide bonds. The number of carbonyl (C=O) groups excluding carboxylic acids is 2. The second kappa shape index (κ2) is 20.7. The molecule has 308 valence electrons. The minimum Gasteiger partial charge on any atom is -0.790 e. The van der Waals surface area contributed by atoms with Crippen LogP contribution in [0.25, 0.3) is 0 Å². The van der Waals surface area contributed by atoms with Crippen LogP contribution in [0.15, 0.2) is 97.1 Å². The van der Waals surface area contributed by atoms with Gasteiger partial charge in [-0.1, -0.05) is 86.6 Å². The number of likely N-dealkylation sites (N-methyl/N-ethyl adjacent to an activating group) is 2. The largest absolute Gasteiger partial charge is 0.790 e. The Labute approximate surface area is 337 Å². The van der Waals surface area contributed by atoms with Crippen molar-refractivity contribution >= 4 is 19.8 Å². The van der Waals surface area contributed by atoms with E-state index >= 15 is 0 Å². The third-order valence-corrected chi connectivity index (χ3v) is 10.6. The van der Waals surface area contributed by atoms with Crippen LogP contribution in [0.3, 0.4) is 0 Å². The summed E-state index contributed by atoms with van der Waals surface area (Å²) in [5, 5.41) is 0. The van der Waals surface area contributed by atoms with Gasteiger partial charge in [0, 0.05) is 22.3 Å². The molecule has 13 heteroatoms. The van der Waals surface area contributed by atoms with Gasteiger partial charge in [0.1, 0.15) is 61.1 Å². The van der Waals surface area contributed by atoms with Gasteiger partial charge < -0.3 is 47.2 Å². The van der Waals surface area contributed by atoms with Crippen molar-refractivity contribution in [1.29, 1.82) is 0 Å². The number of rotatable bonds is 14. The summed E-state index contributed by atoms with van der Waals surface area (Å²) in [5.41, 5.74) is 3.49. The number of quaternary nitrogens is 2. The summed E-state index contributed by atoms with van der Waals surface area (Å²) in [6, 6.07) is 30.8. The van der Waals surface area contributed by atoms with Crippen LogP contribution in [-0.2, 0) is 23.6 Å². The van der Waals surface area contributed by atoms with Crippen molar-refractivity contribution in [3.63, 3.8) is 0 Å². The van der Waals surface area contributed by atoms with E-state index in [1.165, 1.54) is 0 Å². The topological polar surface area (TPSA) is 154 Å². The summed E-state index contributed by atoms with van der Waals surface area (Å²) < 4.78 is 33.9. The van der Waals surface area contributed by atoms with Gasteiger partial charge in [-0.3, -0.25) is 9.59 Å². The molecule has 0 aromatic heterocycles. The van der Waals surface area contributed by atoms with Crippen molar-refractivity contribution < 1.29 is 56.7 Å². The van der Waals surface area contributed by atoms with Crippen molar-refractivity contribution in [1.82, 2.24) is 0 Å². The molecule has 2 unspecified atom stereocenters. The summed E-state index contributed by atoms with van der Waals surface area (Å²) in [5.74, 6) is 1.66. The maximum Gasteiger partial charge on any atom is 0.318 e. The number of benzene rings is 4. The van der Waals surface area contributed by atoms with Crippen molar-refractivity contribution in [2.24, 2.45) is 0 Å². The van der Waals surface area contributed by atoms with Gasteiger partial charge in [0.15, 0.2) is 0 Å². The molecule has 2 atom stereocenters. The number of ether oxygens (including phenoxy) is 4. The molecule has 4 aromatic rings. The van der Waals surface area contributed by atoms with Crippen LogP contribution in [0, 0.1) is 0 Å². The Kier molecular flexibility index (Phi) is 16.4. The monoisotopic (exact) mass is 804 g/mol. The molecule has 0 bridgehead atoms. The second-order valence-electron chi connectivity index (χ2n) is 14.8. The molecule has 0 aliphatic carbocycles. The Bertz CT molecular complexity index is 1760. The number of hydrogen-bond acceptors (Lipinski definition) is 9. The molecule has 2 aliphatic heterocycles. The Hall–Kier alpha value is -4.55. The van der Waals surface area contributed by atoms with Crippen LogP contribution in [0.1, 0.15) is 74.6 Å². The first kappa shape index (κ1) is 45.2. The molecule has 57 heavy (non-hydrogen) atoms. The molecule has 6 rings (SSSR count). The summed E-state index contributed by atoms with van der Waals surface area (Å²) in [6.07, 6.45) is 2.25. The Morgan fingerprint density at radius 1 is 0.579 bits per heavy atom. The summed E-state index contributed by atoms with van der Waals surface area (Å²) in [4.78, 5) is 50.2. The van der Waals surface area contributed by atoms with E-state index in [1.807, 2.05) is 97.1 Å². The van der Waals surface area contributed by atoms with Crippen LogP contribution < -0.4 is 19.3 Å². The number of phosphoric acid groups is 1. The highest BCUT2D eigenvalue weighted by Crippen LogP contribution is 2.45. The first-order valence-electron chi connectivity index (χ1n) is 19.6. The zero-order valence-corrected chi connectivity index (χ0v) is 34.8. The molecule has 12 nitrogen and oxygen atoms in total. The third-order valence-electron chi connectivity index (χ3n) is 10.6. The lowest BCUT2D eigenvalue weighted by Gasteiger charge is -2.33. The van der Waals surface area contributed by atoms with Crippen molar-refractivity contribution in [2.45, 2.75) is 52.4 Å². The summed E-state index contributed by atoms with van der Waals surface area (Å²) in [7, 11) is -0.702. The van der Waals surface area contributed by atoms with Gasteiger partial charge in [0.25, 0.3) is 0 Å². The van der Waals surface area contributed by atoms with Crippen LogP contribution in [-0.4, -0.2) is 92.4 Å². The minimum absolute atomic E-state index is 0.202. The van der Waals surface area contributed by atoms with Gasteiger partial charge in [-0.2, -0.15) is 0 Å². The maximum absolute atomic E-state index is 13.0. The molecule has 0 fully saturated rings. The van der Waals surface area contributed by atoms with Crippen LogP contribution in [0.4, 0.5) is 0 Å². The van der Waals surface area contributed by atoms with Gasteiger partial charge >= 0.3 is 11.9 Å². The highest BCUT2D eigenvalue weighted by atomic mass is 31.2. The van der Waals surface area contributed by atoms with E-state index in [1.54, 1.807) is 0 Å². The van der Waals surface area contributed by atoms with Crippen molar-refractivity contribution in [3.05, 3.63) is 119 Å². The van der Waals surface area contributed by atoms with E-state index < -0.39 is 19.7 Å². The molecule has 0 saturated heterocycles. The lowest BCUT2D eigenvalue weighted by Crippen LogP contribution is -2.47. The van der Waals surface area contributed by atoms with Gasteiger partial charge in [0.05, 0.1) is 48.1 Å². The first-order chi connectivity index (χ1) is 27.2.